The van der Waals surface area contributed by atoms with Crippen molar-refractivity contribution in [3.8, 4) is 12.3 Å². The fraction of sp³-hybridized carbons (Fsp3) is 0.333. The molecule has 0 atom stereocenters. The molecule has 0 N–H and O–H groups in total. The smallest absolute Gasteiger partial charge is 0.207 e. The molecule has 10 heavy (non-hydrogen) atoms. The molecule has 0 saturated carbocycles. The van der Waals surface area contributed by atoms with Gasteiger partial charge in [-0.25, -0.2) is 8.42 Å². The highest BCUT2D eigenvalue weighted by atomic mass is 32.2. The van der Waals surface area contributed by atoms with Crippen LogP contribution in [-0.2, 0) is 10.0 Å². The van der Waals surface area contributed by atoms with E-state index in [-0.39, 0.29) is 6.54 Å². The monoisotopic (exact) mass is 157 g/mol. The average Bonchev–Trinajstić information content (AvgIpc) is 2.13. The van der Waals surface area contributed by atoms with Crippen molar-refractivity contribution in [2.75, 3.05) is 13.1 Å². The molecule has 0 unspecified atom stereocenters. The molecule has 1 heterocycles. The molecule has 0 saturated heterocycles. The van der Waals surface area contributed by atoms with Crippen LogP contribution in [0, 0.1) is 12.3 Å². The molecule has 0 bridgehead atoms. The van der Waals surface area contributed by atoms with E-state index in [9.17, 15) is 8.42 Å². The Morgan fingerprint density at radius 2 is 2.40 bits per heavy atom. The highest BCUT2D eigenvalue weighted by Gasteiger charge is 2.21. The minimum Gasteiger partial charge on any atom is -0.207 e. The van der Waals surface area contributed by atoms with Crippen LogP contribution in [0.1, 0.15) is 0 Å². The molecule has 0 amide bonds. The number of nitrogens with zero attached hydrogens (tertiary/aromatic N) is 1. The van der Waals surface area contributed by atoms with E-state index in [1.54, 1.807) is 6.08 Å². The van der Waals surface area contributed by atoms with Gasteiger partial charge in [-0.05, 0) is 0 Å². The first-order chi connectivity index (χ1) is 4.67. The summed E-state index contributed by atoms with van der Waals surface area (Å²) in [5, 5.41) is 1.17. The first-order valence-corrected chi connectivity index (χ1v) is 4.27. The van der Waals surface area contributed by atoms with E-state index in [1.807, 2.05) is 0 Å². The van der Waals surface area contributed by atoms with Crippen LogP contribution in [-0.4, -0.2) is 25.8 Å². The maximum Gasteiger partial charge on any atom is 0.237 e. The van der Waals surface area contributed by atoms with E-state index in [4.69, 9.17) is 6.42 Å². The van der Waals surface area contributed by atoms with Gasteiger partial charge in [-0.2, -0.15) is 4.31 Å². The molecule has 0 aromatic heterocycles. The van der Waals surface area contributed by atoms with E-state index in [0.29, 0.717) is 6.54 Å². The van der Waals surface area contributed by atoms with Gasteiger partial charge in [-0.15, -0.1) is 6.42 Å². The highest BCUT2D eigenvalue weighted by Crippen LogP contribution is 2.08. The first kappa shape index (κ1) is 7.32. The quantitative estimate of drug-likeness (QED) is 0.493. The molecule has 4 heteroatoms. The largest absolute Gasteiger partial charge is 0.237 e. The maximum atomic E-state index is 10.9. The van der Waals surface area contributed by atoms with Crippen LogP contribution in [0.15, 0.2) is 11.5 Å². The minimum atomic E-state index is -3.14. The summed E-state index contributed by atoms with van der Waals surface area (Å²) < 4.78 is 23.0. The topological polar surface area (TPSA) is 37.4 Å². The normalized spacial score (nSPS) is 22.7. The van der Waals surface area contributed by atoms with Gasteiger partial charge in [0.25, 0.3) is 0 Å². The number of hydrogen-bond donors (Lipinski definition) is 0. The second-order valence-electron chi connectivity index (χ2n) is 1.91. The van der Waals surface area contributed by atoms with Crippen LogP contribution in [0.5, 0.6) is 0 Å². The molecular formula is C6H7NO2S. The fourth-order valence-corrected chi connectivity index (χ4v) is 1.78. The summed E-state index contributed by atoms with van der Waals surface area (Å²) in [6, 6.07) is 0. The van der Waals surface area contributed by atoms with Gasteiger partial charge in [-0.1, -0.05) is 12.0 Å². The zero-order valence-corrected chi connectivity index (χ0v) is 6.13. The maximum absolute atomic E-state index is 10.9. The predicted molar refractivity (Wildman–Crippen MR) is 38.5 cm³/mol. The van der Waals surface area contributed by atoms with Gasteiger partial charge in [0, 0.05) is 12.0 Å². The van der Waals surface area contributed by atoms with E-state index in [2.05, 4.69) is 5.92 Å². The Balaban J connectivity index is 2.79. The van der Waals surface area contributed by atoms with Crippen molar-refractivity contribution in [1.29, 1.82) is 0 Å². The van der Waals surface area contributed by atoms with Gasteiger partial charge in [-0.3, -0.25) is 0 Å². The predicted octanol–water partition coefficient (Wildman–Crippen LogP) is -0.221. The van der Waals surface area contributed by atoms with E-state index in [1.165, 1.54) is 9.71 Å². The summed E-state index contributed by atoms with van der Waals surface area (Å²) in [4.78, 5) is 0. The zero-order chi connectivity index (χ0) is 7.61. The number of rotatable bonds is 1. The molecule has 3 nitrogen and oxygen atoms in total. The molecule has 0 aromatic rings. The van der Waals surface area contributed by atoms with Crippen molar-refractivity contribution in [3.63, 3.8) is 0 Å². The van der Waals surface area contributed by atoms with Crippen LogP contribution in [0.25, 0.3) is 0 Å². The van der Waals surface area contributed by atoms with E-state index in [0.717, 1.165) is 0 Å². The van der Waals surface area contributed by atoms with Crippen molar-refractivity contribution in [2.24, 2.45) is 0 Å². The molecule has 0 aliphatic carbocycles. The van der Waals surface area contributed by atoms with Crippen molar-refractivity contribution < 1.29 is 8.42 Å². The number of hydrogen-bond acceptors (Lipinski definition) is 2. The highest BCUT2D eigenvalue weighted by molar-refractivity contribution is 7.92. The molecule has 1 rings (SSSR count). The van der Waals surface area contributed by atoms with Crippen molar-refractivity contribution >= 4 is 10.0 Å². The molecular weight excluding hydrogens is 150 g/mol. The van der Waals surface area contributed by atoms with Crippen molar-refractivity contribution in [2.45, 2.75) is 0 Å². The lowest BCUT2D eigenvalue weighted by atomic mass is 10.6. The van der Waals surface area contributed by atoms with Crippen LogP contribution >= 0.6 is 0 Å². The van der Waals surface area contributed by atoms with Crippen molar-refractivity contribution in [3.05, 3.63) is 11.5 Å². The Kier molecular flexibility index (Phi) is 1.79. The summed E-state index contributed by atoms with van der Waals surface area (Å²) in [6.45, 7) is 0.571. The summed E-state index contributed by atoms with van der Waals surface area (Å²) in [5.74, 6) is 2.27. The molecule has 0 spiro atoms. The molecule has 0 fully saturated rings. The fourth-order valence-electron chi connectivity index (χ4n) is 0.728. The van der Waals surface area contributed by atoms with Crippen molar-refractivity contribution in [1.82, 2.24) is 4.31 Å². The molecule has 1 aliphatic heterocycles. The van der Waals surface area contributed by atoms with Gasteiger partial charge >= 0.3 is 0 Å². The summed E-state index contributed by atoms with van der Waals surface area (Å²) >= 11 is 0. The lowest BCUT2D eigenvalue weighted by Gasteiger charge is -2.08. The van der Waals surface area contributed by atoms with E-state index >= 15 is 0 Å². The SMILES string of the molecule is C#CCN1CC=CS1(=O)=O. The average molecular weight is 157 g/mol. The van der Waals surface area contributed by atoms with Gasteiger partial charge in [0.1, 0.15) is 0 Å². The Hall–Kier alpha value is -0.790. The van der Waals surface area contributed by atoms with Gasteiger partial charge in [0.15, 0.2) is 0 Å². The molecule has 0 radical (unpaired) electrons. The Labute approximate surface area is 60.4 Å². The number of sulfonamides is 1. The molecule has 54 valence electrons. The third-order valence-corrected chi connectivity index (χ3v) is 2.74. The summed E-state index contributed by atoms with van der Waals surface area (Å²) in [6.07, 6.45) is 6.52. The van der Waals surface area contributed by atoms with Gasteiger partial charge in [0.2, 0.25) is 10.0 Å². The van der Waals surface area contributed by atoms with Crippen LogP contribution in [0.2, 0.25) is 0 Å². The Bertz CT molecular complexity index is 283. The lowest BCUT2D eigenvalue weighted by molar-refractivity contribution is 0.496. The van der Waals surface area contributed by atoms with E-state index < -0.39 is 10.0 Å². The molecule has 0 aromatic carbocycles. The van der Waals surface area contributed by atoms with Crippen LogP contribution in [0.4, 0.5) is 0 Å². The second kappa shape index (κ2) is 2.45. The second-order valence-corrected chi connectivity index (χ2v) is 3.73. The Morgan fingerprint density at radius 3 is 2.80 bits per heavy atom. The van der Waals surface area contributed by atoms with Crippen LogP contribution < -0.4 is 0 Å². The number of terminal acetylenes is 1. The first-order valence-electron chi connectivity index (χ1n) is 2.77. The Morgan fingerprint density at radius 1 is 1.70 bits per heavy atom. The van der Waals surface area contributed by atoms with Crippen LogP contribution in [0.3, 0.4) is 0 Å². The third-order valence-electron chi connectivity index (χ3n) is 1.20. The standard InChI is InChI=1S/C6H7NO2S/c1-2-4-7-5-3-6-10(7,8)9/h1,3,6H,4-5H2. The summed E-state index contributed by atoms with van der Waals surface area (Å²) in [5.41, 5.74) is 0. The lowest BCUT2D eigenvalue weighted by Crippen LogP contribution is -2.25. The van der Waals surface area contributed by atoms with Gasteiger partial charge < -0.3 is 0 Å². The van der Waals surface area contributed by atoms with Gasteiger partial charge in [0.05, 0.1) is 6.54 Å². The minimum absolute atomic E-state index is 0.162. The molecule has 1 aliphatic rings. The summed E-state index contributed by atoms with van der Waals surface area (Å²) in [7, 11) is -3.14. The zero-order valence-electron chi connectivity index (χ0n) is 5.32. The third kappa shape index (κ3) is 1.20.